The number of hydrogen-bond acceptors (Lipinski definition) is 6. The molecule has 6 nitrogen and oxygen atoms in total. The average Bonchev–Trinajstić information content (AvgIpc) is 2.37. The summed E-state index contributed by atoms with van der Waals surface area (Å²) in [6.45, 7) is 0. The third kappa shape index (κ3) is 1.22. The second kappa shape index (κ2) is 2.53. The van der Waals surface area contributed by atoms with E-state index in [-0.39, 0.29) is 5.82 Å². The Morgan fingerprint density at radius 2 is 2.67 bits per heavy atom. The molecule has 1 heterocycles. The van der Waals surface area contributed by atoms with E-state index in [1.165, 1.54) is 0 Å². The van der Waals surface area contributed by atoms with E-state index in [2.05, 4.69) is 14.7 Å². The van der Waals surface area contributed by atoms with Crippen molar-refractivity contribution in [3.05, 3.63) is 12.2 Å². The summed E-state index contributed by atoms with van der Waals surface area (Å²) in [5.74, 6) is 0.220. The number of aromatic nitrogens is 2. The number of nitrogens with zero attached hydrogens (tertiary/aromatic N) is 2. The fraction of sp³-hybridized carbons (Fsp3) is 0.333. The highest BCUT2D eigenvalue weighted by Gasteiger charge is 2.06. The Bertz CT molecular complexity index is 162. The van der Waals surface area contributed by atoms with Crippen molar-refractivity contribution in [2.24, 2.45) is 5.73 Å². The summed E-state index contributed by atoms with van der Waals surface area (Å²) in [6, 6.07) is 0. The molecule has 0 spiro atoms. The van der Waals surface area contributed by atoms with Gasteiger partial charge in [0.1, 0.15) is 6.17 Å². The molecular formula is C3H6N4O2. The van der Waals surface area contributed by atoms with Gasteiger partial charge in [-0.25, -0.2) is 0 Å². The first kappa shape index (κ1) is 6.14. The molecule has 1 aromatic rings. The summed E-state index contributed by atoms with van der Waals surface area (Å²) in [5, 5.41) is 11.6. The molecule has 0 saturated heterocycles. The van der Waals surface area contributed by atoms with Crippen LogP contribution < -0.4 is 11.2 Å². The van der Waals surface area contributed by atoms with E-state index in [9.17, 15) is 0 Å². The van der Waals surface area contributed by atoms with Crippen LogP contribution >= 0.6 is 0 Å². The van der Waals surface area contributed by atoms with Crippen LogP contribution in [0, 0.1) is 0 Å². The molecule has 0 saturated carbocycles. The lowest BCUT2D eigenvalue weighted by Crippen LogP contribution is -2.26. The molecule has 0 aliphatic carbocycles. The minimum atomic E-state index is -0.774. The first-order valence-electron chi connectivity index (χ1n) is 2.26. The summed E-state index contributed by atoms with van der Waals surface area (Å²) in [4.78, 5) is 3.56. The van der Waals surface area contributed by atoms with Gasteiger partial charge in [-0.2, -0.15) is 10.5 Å². The van der Waals surface area contributed by atoms with Crippen LogP contribution in [-0.2, 0) is 0 Å². The Morgan fingerprint density at radius 1 is 1.89 bits per heavy atom. The first-order valence-corrected chi connectivity index (χ1v) is 2.26. The average molecular weight is 130 g/mol. The zero-order valence-corrected chi connectivity index (χ0v) is 4.48. The van der Waals surface area contributed by atoms with Gasteiger partial charge in [0.05, 0.1) is 0 Å². The van der Waals surface area contributed by atoms with Crippen molar-refractivity contribution >= 4 is 0 Å². The van der Waals surface area contributed by atoms with E-state index in [4.69, 9.17) is 10.9 Å². The fourth-order valence-corrected chi connectivity index (χ4v) is 0.374. The van der Waals surface area contributed by atoms with Gasteiger partial charge in [-0.1, -0.05) is 5.16 Å². The number of hydroxylamine groups is 1. The van der Waals surface area contributed by atoms with Crippen molar-refractivity contribution in [2.75, 3.05) is 0 Å². The molecule has 1 rings (SSSR count). The van der Waals surface area contributed by atoms with E-state index >= 15 is 0 Å². The van der Waals surface area contributed by atoms with Crippen molar-refractivity contribution in [1.29, 1.82) is 0 Å². The lowest BCUT2D eigenvalue weighted by atomic mass is 10.5. The third-order valence-electron chi connectivity index (χ3n) is 0.796. The standard InChI is InChI=1S/C3H6N4O2/c4-2(6-8)3-5-1-9-7-3/h1-2,6,8H,4H2. The molecule has 9 heavy (non-hydrogen) atoms. The van der Waals surface area contributed by atoms with Crippen LogP contribution in [0.15, 0.2) is 10.9 Å². The maximum absolute atomic E-state index is 8.21. The van der Waals surface area contributed by atoms with E-state index in [1.54, 1.807) is 5.48 Å². The van der Waals surface area contributed by atoms with Crippen LogP contribution in [0.4, 0.5) is 0 Å². The molecule has 6 heteroatoms. The predicted octanol–water partition coefficient (Wildman–Crippen LogP) is -0.994. The van der Waals surface area contributed by atoms with Gasteiger partial charge in [0.2, 0.25) is 12.2 Å². The molecule has 0 fully saturated rings. The summed E-state index contributed by atoms with van der Waals surface area (Å²) in [5.41, 5.74) is 6.95. The Morgan fingerprint density at radius 3 is 3.11 bits per heavy atom. The molecule has 1 atom stereocenters. The van der Waals surface area contributed by atoms with E-state index in [0.717, 1.165) is 6.39 Å². The molecule has 0 radical (unpaired) electrons. The largest absolute Gasteiger partial charge is 0.343 e. The quantitative estimate of drug-likeness (QED) is 0.351. The fourth-order valence-electron chi connectivity index (χ4n) is 0.374. The number of nitrogens with two attached hydrogens (primary N) is 1. The summed E-state index contributed by atoms with van der Waals surface area (Å²) < 4.78 is 4.35. The van der Waals surface area contributed by atoms with E-state index in [1.807, 2.05) is 0 Å². The van der Waals surface area contributed by atoms with Gasteiger partial charge in [0.25, 0.3) is 0 Å². The Balaban J connectivity index is 2.65. The molecule has 0 aliphatic heterocycles. The van der Waals surface area contributed by atoms with Crippen LogP contribution in [0.1, 0.15) is 12.0 Å². The molecule has 0 aliphatic rings. The molecule has 4 N–H and O–H groups in total. The maximum Gasteiger partial charge on any atom is 0.213 e. The molecule has 1 unspecified atom stereocenters. The van der Waals surface area contributed by atoms with Crippen LogP contribution in [0.5, 0.6) is 0 Å². The highest BCUT2D eigenvalue weighted by molar-refractivity contribution is 4.83. The van der Waals surface area contributed by atoms with Crippen molar-refractivity contribution in [3.8, 4) is 0 Å². The maximum atomic E-state index is 8.21. The monoisotopic (exact) mass is 130 g/mol. The first-order chi connectivity index (χ1) is 4.34. The Kier molecular flexibility index (Phi) is 1.73. The Hall–Kier alpha value is -0.980. The lowest BCUT2D eigenvalue weighted by molar-refractivity contribution is 0.123. The summed E-state index contributed by atoms with van der Waals surface area (Å²) >= 11 is 0. The third-order valence-corrected chi connectivity index (χ3v) is 0.796. The molecule has 0 bridgehead atoms. The molecule has 0 amide bonds. The Labute approximate surface area is 50.6 Å². The SMILES string of the molecule is NC(NO)c1ncon1. The minimum absolute atomic E-state index is 0.220. The van der Waals surface area contributed by atoms with Crippen LogP contribution in [0.2, 0.25) is 0 Å². The smallest absolute Gasteiger partial charge is 0.213 e. The molecular weight excluding hydrogens is 124 g/mol. The second-order valence-electron chi connectivity index (χ2n) is 1.40. The van der Waals surface area contributed by atoms with Crippen LogP contribution in [0.25, 0.3) is 0 Å². The van der Waals surface area contributed by atoms with Crippen molar-refractivity contribution < 1.29 is 9.73 Å². The van der Waals surface area contributed by atoms with Gasteiger partial charge in [-0.15, -0.1) is 0 Å². The summed E-state index contributed by atoms with van der Waals surface area (Å²) in [7, 11) is 0. The molecule has 1 aromatic heterocycles. The van der Waals surface area contributed by atoms with Gasteiger partial charge >= 0.3 is 0 Å². The highest BCUT2D eigenvalue weighted by Crippen LogP contribution is 1.95. The van der Waals surface area contributed by atoms with E-state index < -0.39 is 6.17 Å². The number of hydrogen-bond donors (Lipinski definition) is 3. The predicted molar refractivity (Wildman–Crippen MR) is 26.1 cm³/mol. The van der Waals surface area contributed by atoms with Gasteiger partial charge < -0.3 is 15.5 Å². The number of nitrogens with one attached hydrogen (secondary N) is 1. The molecule has 0 aromatic carbocycles. The zero-order valence-electron chi connectivity index (χ0n) is 4.48. The van der Waals surface area contributed by atoms with Crippen LogP contribution in [0.3, 0.4) is 0 Å². The van der Waals surface area contributed by atoms with Crippen molar-refractivity contribution in [1.82, 2.24) is 15.6 Å². The van der Waals surface area contributed by atoms with Gasteiger partial charge in [-0.3, -0.25) is 0 Å². The second-order valence-corrected chi connectivity index (χ2v) is 1.40. The normalized spacial score (nSPS) is 13.6. The van der Waals surface area contributed by atoms with Crippen molar-refractivity contribution in [3.63, 3.8) is 0 Å². The number of rotatable bonds is 2. The highest BCUT2D eigenvalue weighted by atomic mass is 16.5. The van der Waals surface area contributed by atoms with Crippen molar-refractivity contribution in [2.45, 2.75) is 6.17 Å². The molecule has 50 valence electrons. The lowest BCUT2D eigenvalue weighted by Gasteiger charge is -1.99. The topological polar surface area (TPSA) is 97.2 Å². The van der Waals surface area contributed by atoms with Crippen LogP contribution in [-0.4, -0.2) is 15.3 Å². The van der Waals surface area contributed by atoms with Gasteiger partial charge in [0, 0.05) is 0 Å². The van der Waals surface area contributed by atoms with Gasteiger partial charge in [0.15, 0.2) is 0 Å². The summed E-state index contributed by atoms with van der Waals surface area (Å²) in [6.07, 6.45) is 0.357. The zero-order chi connectivity index (χ0) is 6.69. The van der Waals surface area contributed by atoms with Gasteiger partial charge in [-0.05, 0) is 0 Å². The van der Waals surface area contributed by atoms with E-state index in [0.29, 0.717) is 0 Å². The minimum Gasteiger partial charge on any atom is -0.343 e.